The van der Waals surface area contributed by atoms with Crippen molar-refractivity contribution in [2.75, 3.05) is 25.3 Å². The van der Waals surface area contributed by atoms with E-state index in [1.807, 2.05) is 6.07 Å². The van der Waals surface area contributed by atoms with Gasteiger partial charge in [-0.05, 0) is 42.0 Å². The first-order chi connectivity index (χ1) is 11.1. The van der Waals surface area contributed by atoms with Gasteiger partial charge in [0.05, 0.1) is 31.5 Å². The van der Waals surface area contributed by atoms with Crippen molar-refractivity contribution in [2.45, 2.75) is 6.04 Å². The number of anilines is 2. The maximum Gasteiger partial charge on any atom is 0.332 e. The lowest BCUT2D eigenvalue weighted by molar-refractivity contribution is -0.141. The highest BCUT2D eigenvalue weighted by Gasteiger charge is 2.22. The van der Waals surface area contributed by atoms with Gasteiger partial charge in [0.25, 0.3) is 0 Å². The third-order valence-corrected chi connectivity index (χ3v) is 3.35. The van der Waals surface area contributed by atoms with Crippen LogP contribution in [0.3, 0.4) is 0 Å². The quantitative estimate of drug-likeness (QED) is 0.650. The van der Waals surface area contributed by atoms with Gasteiger partial charge in [0.15, 0.2) is 6.04 Å². The van der Waals surface area contributed by atoms with Gasteiger partial charge in [0, 0.05) is 5.69 Å². The van der Waals surface area contributed by atoms with Crippen LogP contribution in [-0.4, -0.2) is 20.2 Å². The number of nitrogens with one attached hydrogen (secondary N) is 1. The molecule has 0 saturated carbocycles. The van der Waals surface area contributed by atoms with Crippen LogP contribution in [0.15, 0.2) is 42.5 Å². The first kappa shape index (κ1) is 16.2. The van der Waals surface area contributed by atoms with E-state index in [9.17, 15) is 4.79 Å². The summed E-state index contributed by atoms with van der Waals surface area (Å²) < 4.78 is 9.97. The van der Waals surface area contributed by atoms with E-state index in [1.54, 1.807) is 42.5 Å². The Hall–Kier alpha value is -3.20. The largest absolute Gasteiger partial charge is 0.495 e. The molecule has 0 aliphatic heterocycles. The molecule has 2 aromatic carbocycles. The molecular formula is C17H17N3O3. The molecule has 0 spiro atoms. The van der Waals surface area contributed by atoms with Crippen LogP contribution in [0.4, 0.5) is 11.4 Å². The van der Waals surface area contributed by atoms with Crippen LogP contribution in [0.1, 0.15) is 17.2 Å². The Morgan fingerprint density at radius 1 is 1.22 bits per heavy atom. The molecule has 23 heavy (non-hydrogen) atoms. The number of esters is 1. The van der Waals surface area contributed by atoms with Crippen molar-refractivity contribution in [3.05, 3.63) is 53.6 Å². The van der Waals surface area contributed by atoms with E-state index in [0.29, 0.717) is 28.3 Å². The molecule has 0 radical (unpaired) electrons. The Balaban J connectivity index is 2.31. The molecule has 6 nitrogen and oxygen atoms in total. The van der Waals surface area contributed by atoms with Crippen LogP contribution in [0, 0.1) is 11.3 Å². The molecule has 0 fully saturated rings. The Morgan fingerprint density at radius 3 is 2.43 bits per heavy atom. The van der Waals surface area contributed by atoms with Crippen molar-refractivity contribution >= 4 is 17.3 Å². The van der Waals surface area contributed by atoms with Crippen LogP contribution in [0.2, 0.25) is 0 Å². The molecule has 0 aliphatic carbocycles. The molecule has 0 bridgehead atoms. The van der Waals surface area contributed by atoms with Crippen LogP contribution >= 0.6 is 0 Å². The second-order valence-electron chi connectivity index (χ2n) is 4.79. The summed E-state index contributed by atoms with van der Waals surface area (Å²) in [7, 11) is 2.85. The fraction of sp³-hybridized carbons (Fsp3) is 0.176. The number of nitrogen functional groups attached to an aromatic ring is 1. The monoisotopic (exact) mass is 311 g/mol. The van der Waals surface area contributed by atoms with Crippen molar-refractivity contribution in [2.24, 2.45) is 0 Å². The highest BCUT2D eigenvalue weighted by Crippen LogP contribution is 2.28. The zero-order valence-electron chi connectivity index (χ0n) is 12.9. The van der Waals surface area contributed by atoms with Gasteiger partial charge in [-0.15, -0.1) is 0 Å². The van der Waals surface area contributed by atoms with E-state index in [4.69, 9.17) is 20.5 Å². The molecule has 0 aromatic heterocycles. The Morgan fingerprint density at radius 2 is 1.91 bits per heavy atom. The lowest BCUT2D eigenvalue weighted by Crippen LogP contribution is -2.22. The van der Waals surface area contributed by atoms with E-state index in [2.05, 4.69) is 5.32 Å². The van der Waals surface area contributed by atoms with Gasteiger partial charge in [0.2, 0.25) is 0 Å². The summed E-state index contributed by atoms with van der Waals surface area (Å²) in [6, 6.07) is 13.2. The van der Waals surface area contributed by atoms with Crippen molar-refractivity contribution in [1.29, 1.82) is 5.26 Å². The first-order valence-corrected chi connectivity index (χ1v) is 6.87. The number of hydrogen-bond acceptors (Lipinski definition) is 6. The summed E-state index contributed by atoms with van der Waals surface area (Å²) in [5.41, 5.74) is 8.21. The number of nitrogens with zero attached hydrogens (tertiary/aromatic N) is 1. The fourth-order valence-corrected chi connectivity index (χ4v) is 2.14. The molecule has 6 heteroatoms. The molecule has 1 atom stereocenters. The van der Waals surface area contributed by atoms with Crippen molar-refractivity contribution in [1.82, 2.24) is 0 Å². The number of nitriles is 1. The SMILES string of the molecule is COC(=O)C(Nc1ccc(C#N)cc1)c1ccc(OC)c(N)c1. The number of nitrogens with two attached hydrogens (primary N) is 1. The van der Waals surface area contributed by atoms with E-state index in [-0.39, 0.29) is 0 Å². The van der Waals surface area contributed by atoms with Gasteiger partial charge in [0.1, 0.15) is 5.75 Å². The van der Waals surface area contributed by atoms with E-state index in [0.717, 1.165) is 0 Å². The lowest BCUT2D eigenvalue weighted by atomic mass is 10.0. The number of methoxy groups -OCH3 is 2. The van der Waals surface area contributed by atoms with E-state index >= 15 is 0 Å². The lowest BCUT2D eigenvalue weighted by Gasteiger charge is -2.19. The third kappa shape index (κ3) is 3.71. The van der Waals surface area contributed by atoms with E-state index < -0.39 is 12.0 Å². The zero-order chi connectivity index (χ0) is 16.8. The fourth-order valence-electron chi connectivity index (χ4n) is 2.14. The summed E-state index contributed by atoms with van der Waals surface area (Å²) in [5.74, 6) is 0.0923. The minimum Gasteiger partial charge on any atom is -0.495 e. The molecule has 0 aliphatic rings. The zero-order valence-corrected chi connectivity index (χ0v) is 12.9. The van der Waals surface area contributed by atoms with Crippen LogP contribution in [-0.2, 0) is 9.53 Å². The highest BCUT2D eigenvalue weighted by atomic mass is 16.5. The van der Waals surface area contributed by atoms with Crippen molar-refractivity contribution in [3.63, 3.8) is 0 Å². The predicted molar refractivity (Wildman–Crippen MR) is 86.9 cm³/mol. The standard InChI is InChI=1S/C17H17N3O3/c1-22-15-8-5-12(9-14(15)19)16(17(21)23-2)20-13-6-3-11(10-18)4-7-13/h3-9,16,20H,19H2,1-2H3. The van der Waals surface area contributed by atoms with Crippen LogP contribution in [0.5, 0.6) is 5.75 Å². The maximum atomic E-state index is 12.1. The summed E-state index contributed by atoms with van der Waals surface area (Å²) in [6.45, 7) is 0. The van der Waals surface area contributed by atoms with E-state index in [1.165, 1.54) is 14.2 Å². The number of benzene rings is 2. The molecule has 2 aromatic rings. The Bertz CT molecular complexity index is 736. The number of ether oxygens (including phenoxy) is 2. The Kier molecular flexibility index (Phi) is 5.05. The number of rotatable bonds is 5. The molecule has 3 N–H and O–H groups in total. The topological polar surface area (TPSA) is 97.4 Å². The number of hydrogen-bond donors (Lipinski definition) is 2. The van der Waals surface area contributed by atoms with Crippen LogP contribution < -0.4 is 15.8 Å². The second kappa shape index (κ2) is 7.18. The molecular weight excluding hydrogens is 294 g/mol. The molecule has 1 unspecified atom stereocenters. The van der Waals surface area contributed by atoms with Gasteiger partial charge in [-0.3, -0.25) is 0 Å². The molecule has 118 valence electrons. The molecule has 2 rings (SSSR count). The smallest absolute Gasteiger partial charge is 0.332 e. The van der Waals surface area contributed by atoms with Crippen molar-refractivity contribution in [3.8, 4) is 11.8 Å². The average molecular weight is 311 g/mol. The van der Waals surface area contributed by atoms with Gasteiger partial charge < -0.3 is 20.5 Å². The predicted octanol–water partition coefficient (Wildman–Crippen LogP) is 2.48. The molecule has 0 saturated heterocycles. The number of carbonyl (C=O) groups excluding carboxylic acids is 1. The maximum absolute atomic E-state index is 12.1. The van der Waals surface area contributed by atoms with Gasteiger partial charge in [-0.1, -0.05) is 6.07 Å². The number of carbonyl (C=O) groups is 1. The van der Waals surface area contributed by atoms with Gasteiger partial charge in [-0.25, -0.2) is 4.79 Å². The summed E-state index contributed by atoms with van der Waals surface area (Å²) >= 11 is 0. The third-order valence-electron chi connectivity index (χ3n) is 3.35. The van der Waals surface area contributed by atoms with Gasteiger partial charge in [-0.2, -0.15) is 5.26 Å². The second-order valence-corrected chi connectivity index (χ2v) is 4.79. The Labute approximate surface area is 134 Å². The minimum atomic E-state index is -0.721. The van der Waals surface area contributed by atoms with Crippen LogP contribution in [0.25, 0.3) is 0 Å². The summed E-state index contributed by atoms with van der Waals surface area (Å²) in [4.78, 5) is 12.1. The van der Waals surface area contributed by atoms with Gasteiger partial charge >= 0.3 is 5.97 Å². The summed E-state index contributed by atoms with van der Waals surface area (Å²) in [5, 5.41) is 11.9. The first-order valence-electron chi connectivity index (χ1n) is 6.87. The minimum absolute atomic E-state index is 0.431. The molecule has 0 heterocycles. The normalized spacial score (nSPS) is 11.2. The van der Waals surface area contributed by atoms with Crippen molar-refractivity contribution < 1.29 is 14.3 Å². The average Bonchev–Trinajstić information content (AvgIpc) is 2.59. The summed E-state index contributed by atoms with van der Waals surface area (Å²) in [6.07, 6.45) is 0. The molecule has 0 amide bonds. The highest BCUT2D eigenvalue weighted by molar-refractivity contribution is 5.81.